The van der Waals surface area contributed by atoms with Gasteiger partial charge >= 0.3 is 0 Å². The van der Waals surface area contributed by atoms with Crippen LogP contribution >= 0.6 is 0 Å². The fraction of sp³-hybridized carbons (Fsp3) is 0.375. The third-order valence-electron chi connectivity index (χ3n) is 5.99. The summed E-state index contributed by atoms with van der Waals surface area (Å²) in [5.74, 6) is 2.51. The van der Waals surface area contributed by atoms with Crippen molar-refractivity contribution in [3.05, 3.63) is 66.2 Å². The normalized spacial score (nSPS) is 14.7. The molecule has 156 valence electrons. The van der Waals surface area contributed by atoms with Crippen molar-refractivity contribution in [3.63, 3.8) is 0 Å². The van der Waals surface area contributed by atoms with Gasteiger partial charge in [0.15, 0.2) is 0 Å². The maximum Gasteiger partial charge on any atom is 0.253 e. The fourth-order valence-electron chi connectivity index (χ4n) is 4.13. The molecular weight excluding hydrogens is 376 g/mol. The molecule has 0 unspecified atom stereocenters. The van der Waals surface area contributed by atoms with Crippen molar-refractivity contribution in [2.24, 2.45) is 5.92 Å². The number of pyridine rings is 1. The molecule has 0 aliphatic carbocycles. The zero-order valence-electron chi connectivity index (χ0n) is 17.6. The second-order valence-electron chi connectivity index (χ2n) is 7.86. The van der Waals surface area contributed by atoms with Gasteiger partial charge in [0.1, 0.15) is 11.6 Å². The van der Waals surface area contributed by atoms with E-state index >= 15 is 0 Å². The Morgan fingerprint density at radius 1 is 1.10 bits per heavy atom. The third-order valence-corrected chi connectivity index (χ3v) is 5.99. The first-order valence-electron chi connectivity index (χ1n) is 10.5. The number of hydrogen-bond acceptors (Lipinski definition) is 4. The van der Waals surface area contributed by atoms with Gasteiger partial charge in [-0.3, -0.25) is 9.78 Å². The Morgan fingerprint density at radius 2 is 1.80 bits per heavy atom. The molecule has 3 aromatic rings. The summed E-state index contributed by atoms with van der Waals surface area (Å²) in [5.41, 5.74) is 3.00. The predicted molar refractivity (Wildman–Crippen MR) is 116 cm³/mol. The molecule has 30 heavy (non-hydrogen) atoms. The summed E-state index contributed by atoms with van der Waals surface area (Å²) in [6.45, 7) is 4.68. The lowest BCUT2D eigenvalue weighted by Gasteiger charge is -2.32. The SMILES string of the molecule is COc1ccc(C(=O)N2CCC(CCn3c(C)cnc3-c3ccncc3)CC2)cc1. The average molecular weight is 405 g/mol. The molecule has 0 N–H and O–H groups in total. The number of aryl methyl sites for hydroxylation is 1. The van der Waals surface area contributed by atoms with Crippen LogP contribution in [0.5, 0.6) is 5.75 Å². The maximum atomic E-state index is 12.8. The zero-order chi connectivity index (χ0) is 20.9. The molecule has 3 heterocycles. The smallest absolute Gasteiger partial charge is 0.253 e. The van der Waals surface area contributed by atoms with Crippen LogP contribution in [0.2, 0.25) is 0 Å². The Labute approximate surface area is 177 Å². The van der Waals surface area contributed by atoms with Gasteiger partial charge in [0.05, 0.1) is 7.11 Å². The van der Waals surface area contributed by atoms with Gasteiger partial charge in [-0.2, -0.15) is 0 Å². The number of imidazole rings is 1. The van der Waals surface area contributed by atoms with Gasteiger partial charge in [-0.1, -0.05) is 0 Å². The van der Waals surface area contributed by atoms with Crippen molar-refractivity contribution in [2.75, 3.05) is 20.2 Å². The summed E-state index contributed by atoms with van der Waals surface area (Å²) >= 11 is 0. The molecule has 0 saturated carbocycles. The molecule has 0 atom stereocenters. The van der Waals surface area contributed by atoms with Crippen molar-refractivity contribution in [1.29, 1.82) is 0 Å². The molecular formula is C24H28N4O2. The number of ether oxygens (including phenoxy) is 1. The zero-order valence-corrected chi connectivity index (χ0v) is 17.6. The van der Waals surface area contributed by atoms with Gasteiger partial charge in [0.2, 0.25) is 0 Å². The van der Waals surface area contributed by atoms with E-state index < -0.39 is 0 Å². The monoisotopic (exact) mass is 404 g/mol. The Bertz CT molecular complexity index is 974. The first-order valence-corrected chi connectivity index (χ1v) is 10.5. The summed E-state index contributed by atoms with van der Waals surface area (Å²) in [7, 11) is 1.63. The first kappa shape index (κ1) is 20.1. The van der Waals surface area contributed by atoms with Crippen LogP contribution in [0.15, 0.2) is 55.0 Å². The number of likely N-dealkylation sites (tertiary alicyclic amines) is 1. The van der Waals surface area contributed by atoms with Crippen LogP contribution in [0.3, 0.4) is 0 Å². The van der Waals surface area contributed by atoms with Crippen LogP contribution in [-0.4, -0.2) is 45.5 Å². The molecule has 1 fully saturated rings. The van der Waals surface area contributed by atoms with E-state index in [2.05, 4.69) is 21.5 Å². The lowest BCUT2D eigenvalue weighted by atomic mass is 9.93. The number of aromatic nitrogens is 3. The average Bonchev–Trinajstić information content (AvgIpc) is 3.18. The predicted octanol–water partition coefficient (Wildman–Crippen LogP) is 4.20. The number of hydrogen-bond donors (Lipinski definition) is 0. The summed E-state index contributed by atoms with van der Waals surface area (Å²) < 4.78 is 7.47. The number of methoxy groups -OCH3 is 1. The molecule has 0 spiro atoms. The molecule has 6 nitrogen and oxygen atoms in total. The Morgan fingerprint density at radius 3 is 2.47 bits per heavy atom. The number of piperidine rings is 1. The van der Waals surface area contributed by atoms with Crippen molar-refractivity contribution >= 4 is 5.91 Å². The second-order valence-corrected chi connectivity index (χ2v) is 7.86. The highest BCUT2D eigenvalue weighted by Crippen LogP contribution is 2.25. The molecule has 6 heteroatoms. The van der Waals surface area contributed by atoms with Crippen LogP contribution in [0.25, 0.3) is 11.4 Å². The van der Waals surface area contributed by atoms with Gasteiger partial charge < -0.3 is 14.2 Å². The van der Waals surface area contributed by atoms with Gasteiger partial charge in [0, 0.05) is 55.0 Å². The molecule has 1 aliphatic rings. The lowest BCUT2D eigenvalue weighted by molar-refractivity contribution is 0.0685. The molecule has 1 aromatic carbocycles. The minimum absolute atomic E-state index is 0.113. The minimum atomic E-state index is 0.113. The quantitative estimate of drug-likeness (QED) is 0.618. The van der Waals surface area contributed by atoms with E-state index in [0.717, 1.165) is 61.6 Å². The molecule has 4 rings (SSSR count). The highest BCUT2D eigenvalue weighted by atomic mass is 16.5. The Kier molecular flexibility index (Phi) is 6.12. The van der Waals surface area contributed by atoms with Crippen molar-refractivity contribution in [3.8, 4) is 17.1 Å². The maximum absolute atomic E-state index is 12.8. The minimum Gasteiger partial charge on any atom is -0.497 e. The Hall–Kier alpha value is -3.15. The van der Waals surface area contributed by atoms with Crippen molar-refractivity contribution in [2.45, 2.75) is 32.7 Å². The Balaban J connectivity index is 1.32. The summed E-state index contributed by atoms with van der Waals surface area (Å²) in [5, 5.41) is 0. The summed E-state index contributed by atoms with van der Waals surface area (Å²) in [6, 6.07) is 11.4. The summed E-state index contributed by atoms with van der Waals surface area (Å²) in [4.78, 5) is 23.4. The number of carbonyl (C=O) groups excluding carboxylic acids is 1. The first-order chi connectivity index (χ1) is 14.7. The highest BCUT2D eigenvalue weighted by Gasteiger charge is 2.24. The molecule has 2 aromatic heterocycles. The molecule has 1 aliphatic heterocycles. The molecule has 1 amide bonds. The number of benzene rings is 1. The van der Waals surface area contributed by atoms with E-state index in [1.165, 1.54) is 5.69 Å². The van der Waals surface area contributed by atoms with Gasteiger partial charge in [-0.25, -0.2) is 4.98 Å². The van der Waals surface area contributed by atoms with Crippen LogP contribution < -0.4 is 4.74 Å². The fourth-order valence-corrected chi connectivity index (χ4v) is 4.13. The number of amides is 1. The second kappa shape index (κ2) is 9.11. The van der Waals surface area contributed by atoms with Crippen LogP contribution in [0, 0.1) is 12.8 Å². The molecule has 1 saturated heterocycles. The van der Waals surface area contributed by atoms with Gasteiger partial charge in [0.25, 0.3) is 5.91 Å². The lowest BCUT2D eigenvalue weighted by Crippen LogP contribution is -2.38. The third kappa shape index (κ3) is 4.37. The topological polar surface area (TPSA) is 60.2 Å². The van der Waals surface area contributed by atoms with E-state index in [0.29, 0.717) is 5.92 Å². The highest BCUT2D eigenvalue weighted by molar-refractivity contribution is 5.94. The van der Waals surface area contributed by atoms with E-state index in [1.807, 2.05) is 47.5 Å². The largest absolute Gasteiger partial charge is 0.497 e. The van der Waals surface area contributed by atoms with E-state index in [-0.39, 0.29) is 5.91 Å². The molecule has 0 bridgehead atoms. The van der Waals surface area contributed by atoms with Gasteiger partial charge in [-0.15, -0.1) is 0 Å². The van der Waals surface area contributed by atoms with Crippen LogP contribution in [0.4, 0.5) is 0 Å². The van der Waals surface area contributed by atoms with Gasteiger partial charge in [-0.05, 0) is 68.5 Å². The van der Waals surface area contributed by atoms with Crippen LogP contribution in [-0.2, 0) is 6.54 Å². The number of rotatable bonds is 6. The molecule has 0 radical (unpaired) electrons. The van der Waals surface area contributed by atoms with E-state index in [1.54, 1.807) is 19.5 Å². The number of nitrogens with zero attached hydrogens (tertiary/aromatic N) is 4. The van der Waals surface area contributed by atoms with Crippen LogP contribution in [0.1, 0.15) is 35.3 Å². The summed E-state index contributed by atoms with van der Waals surface area (Å²) in [6.07, 6.45) is 8.73. The van der Waals surface area contributed by atoms with Crippen molar-refractivity contribution in [1.82, 2.24) is 19.4 Å². The number of carbonyl (C=O) groups is 1. The van der Waals surface area contributed by atoms with E-state index in [9.17, 15) is 4.79 Å². The van der Waals surface area contributed by atoms with E-state index in [4.69, 9.17) is 4.74 Å². The van der Waals surface area contributed by atoms with Crippen molar-refractivity contribution < 1.29 is 9.53 Å². The standard InChI is InChI=1S/C24H28N4O2/c1-18-17-26-23(20-7-12-25-13-8-20)28(18)16-11-19-9-14-27(15-10-19)24(29)21-3-5-22(30-2)6-4-21/h3-8,12-13,17,19H,9-11,14-16H2,1-2H3.